The van der Waals surface area contributed by atoms with Crippen LogP contribution in [-0.2, 0) is 10.2 Å². The van der Waals surface area contributed by atoms with E-state index in [0.717, 1.165) is 31.1 Å². The summed E-state index contributed by atoms with van der Waals surface area (Å²) < 4.78 is 10.8. The topological polar surface area (TPSA) is 18.5 Å². The van der Waals surface area contributed by atoms with Crippen molar-refractivity contribution in [2.45, 2.75) is 25.7 Å². The van der Waals surface area contributed by atoms with Gasteiger partial charge in [-0.1, -0.05) is 12.1 Å². The molecule has 1 aliphatic heterocycles. The third-order valence-corrected chi connectivity index (χ3v) is 3.85. The number of ether oxygens (including phenoxy) is 2. The molecule has 1 aromatic carbocycles. The largest absolute Gasteiger partial charge is 0.496 e. The number of benzene rings is 1. The van der Waals surface area contributed by atoms with Gasteiger partial charge < -0.3 is 9.47 Å². The third-order valence-electron chi connectivity index (χ3n) is 3.62. The summed E-state index contributed by atoms with van der Waals surface area (Å²) in [4.78, 5) is 0. The molecule has 94 valence electrons. The lowest BCUT2D eigenvalue weighted by atomic mass is 9.75. The molecule has 1 aromatic rings. The second kappa shape index (κ2) is 4.91. The molecule has 1 fully saturated rings. The molecule has 2 rings (SSSR count). The Labute approximate surface area is 109 Å². The van der Waals surface area contributed by atoms with Crippen molar-refractivity contribution in [1.29, 1.82) is 0 Å². The minimum atomic E-state index is 0.184. The molecule has 1 aliphatic rings. The van der Waals surface area contributed by atoms with Crippen molar-refractivity contribution in [3.05, 3.63) is 28.8 Å². The first-order valence-corrected chi connectivity index (χ1v) is 6.60. The van der Waals surface area contributed by atoms with Crippen LogP contribution in [0, 0.1) is 13.8 Å². The highest BCUT2D eigenvalue weighted by atomic mass is 32.1. The van der Waals surface area contributed by atoms with E-state index in [1.165, 1.54) is 16.7 Å². The molecule has 2 nitrogen and oxygen atoms in total. The maximum Gasteiger partial charge on any atom is 0.124 e. The summed E-state index contributed by atoms with van der Waals surface area (Å²) in [7, 11) is 1.73. The van der Waals surface area contributed by atoms with Gasteiger partial charge in [0.1, 0.15) is 5.75 Å². The van der Waals surface area contributed by atoms with E-state index in [-0.39, 0.29) is 5.41 Å². The van der Waals surface area contributed by atoms with Crippen molar-refractivity contribution < 1.29 is 9.47 Å². The lowest BCUT2D eigenvalue weighted by Crippen LogP contribution is -2.47. The molecule has 0 aliphatic carbocycles. The molecule has 0 N–H and O–H groups in total. The quantitative estimate of drug-likeness (QED) is 0.831. The normalized spacial score (nSPS) is 17.6. The summed E-state index contributed by atoms with van der Waals surface area (Å²) in [6.07, 6.45) is 1.07. The highest BCUT2D eigenvalue weighted by Crippen LogP contribution is 2.39. The molecule has 0 amide bonds. The van der Waals surface area contributed by atoms with Gasteiger partial charge in [0.05, 0.1) is 20.3 Å². The molecule has 1 saturated heterocycles. The summed E-state index contributed by atoms with van der Waals surface area (Å²) in [5, 5.41) is 0. The molecule has 0 aromatic heterocycles. The Bertz CT molecular complexity index is 388. The second-order valence-corrected chi connectivity index (χ2v) is 5.34. The van der Waals surface area contributed by atoms with E-state index in [0.29, 0.717) is 0 Å². The van der Waals surface area contributed by atoms with Crippen molar-refractivity contribution in [2.75, 3.05) is 26.1 Å². The molecule has 0 saturated carbocycles. The Morgan fingerprint density at radius 3 is 2.24 bits per heavy atom. The molecule has 0 spiro atoms. The van der Waals surface area contributed by atoms with Crippen molar-refractivity contribution in [1.82, 2.24) is 0 Å². The molecular weight excluding hydrogens is 232 g/mol. The average Bonchev–Trinajstić information content (AvgIpc) is 2.23. The Hall–Kier alpha value is -0.670. The van der Waals surface area contributed by atoms with Gasteiger partial charge in [0, 0.05) is 5.41 Å². The van der Waals surface area contributed by atoms with E-state index in [1.54, 1.807) is 7.11 Å². The van der Waals surface area contributed by atoms with E-state index in [1.807, 2.05) is 0 Å². The summed E-state index contributed by atoms with van der Waals surface area (Å²) in [5.41, 5.74) is 3.96. The second-order valence-electron chi connectivity index (χ2n) is 4.89. The Morgan fingerprint density at radius 1 is 1.29 bits per heavy atom. The maximum atomic E-state index is 5.42. The van der Waals surface area contributed by atoms with Crippen LogP contribution < -0.4 is 4.74 Å². The van der Waals surface area contributed by atoms with Gasteiger partial charge >= 0.3 is 0 Å². The number of hydrogen-bond acceptors (Lipinski definition) is 3. The molecule has 0 unspecified atom stereocenters. The SMILES string of the molecule is COc1c(C)cc(C2(CCS)COC2)cc1C. The van der Waals surface area contributed by atoms with Crippen molar-refractivity contribution in [2.24, 2.45) is 0 Å². The van der Waals surface area contributed by atoms with Crippen LogP contribution in [-0.4, -0.2) is 26.1 Å². The Morgan fingerprint density at radius 2 is 1.88 bits per heavy atom. The fourth-order valence-corrected chi connectivity index (χ4v) is 3.02. The average molecular weight is 252 g/mol. The smallest absolute Gasteiger partial charge is 0.124 e. The van der Waals surface area contributed by atoms with E-state index in [4.69, 9.17) is 9.47 Å². The zero-order valence-electron chi connectivity index (χ0n) is 10.7. The highest BCUT2D eigenvalue weighted by Gasteiger charge is 2.39. The summed E-state index contributed by atoms with van der Waals surface area (Å²) in [5.74, 6) is 1.89. The van der Waals surface area contributed by atoms with Gasteiger partial charge in [-0.05, 0) is 42.7 Å². The lowest BCUT2D eigenvalue weighted by Gasteiger charge is -2.42. The van der Waals surface area contributed by atoms with Crippen LogP contribution in [0.15, 0.2) is 12.1 Å². The predicted octanol–water partition coefficient (Wildman–Crippen LogP) is 2.90. The van der Waals surface area contributed by atoms with Crippen LogP contribution in [0.5, 0.6) is 5.75 Å². The Kier molecular flexibility index (Phi) is 3.69. The van der Waals surface area contributed by atoms with Gasteiger partial charge in [0.2, 0.25) is 0 Å². The van der Waals surface area contributed by atoms with Crippen molar-refractivity contribution >= 4 is 12.6 Å². The van der Waals surface area contributed by atoms with Gasteiger partial charge in [-0.3, -0.25) is 0 Å². The van der Waals surface area contributed by atoms with E-state index in [2.05, 4.69) is 38.6 Å². The fourth-order valence-electron chi connectivity index (χ4n) is 2.60. The zero-order chi connectivity index (χ0) is 12.5. The minimum Gasteiger partial charge on any atom is -0.496 e. The molecule has 0 bridgehead atoms. The van der Waals surface area contributed by atoms with E-state index < -0.39 is 0 Å². The molecule has 3 heteroatoms. The van der Waals surface area contributed by atoms with Gasteiger partial charge in [-0.25, -0.2) is 0 Å². The third kappa shape index (κ3) is 2.18. The molecule has 17 heavy (non-hydrogen) atoms. The van der Waals surface area contributed by atoms with E-state index >= 15 is 0 Å². The van der Waals surface area contributed by atoms with E-state index in [9.17, 15) is 0 Å². The number of thiol groups is 1. The number of hydrogen-bond donors (Lipinski definition) is 1. The number of methoxy groups -OCH3 is 1. The van der Waals surface area contributed by atoms with Crippen molar-refractivity contribution in [3.63, 3.8) is 0 Å². The maximum absolute atomic E-state index is 5.42. The number of rotatable bonds is 4. The van der Waals surface area contributed by atoms with Crippen molar-refractivity contribution in [3.8, 4) is 5.75 Å². The molecule has 0 atom stereocenters. The molecular formula is C14H20O2S. The predicted molar refractivity (Wildman–Crippen MR) is 73.4 cm³/mol. The van der Waals surface area contributed by atoms with Gasteiger partial charge in [0.25, 0.3) is 0 Å². The van der Waals surface area contributed by atoms with Crippen LogP contribution in [0.3, 0.4) is 0 Å². The zero-order valence-corrected chi connectivity index (χ0v) is 11.6. The highest BCUT2D eigenvalue weighted by molar-refractivity contribution is 7.80. The van der Waals surface area contributed by atoms with Crippen LogP contribution in [0.1, 0.15) is 23.1 Å². The van der Waals surface area contributed by atoms with Gasteiger partial charge in [-0.15, -0.1) is 0 Å². The number of aryl methyl sites for hydroxylation is 2. The fraction of sp³-hybridized carbons (Fsp3) is 0.571. The van der Waals surface area contributed by atoms with Crippen LogP contribution in [0.2, 0.25) is 0 Å². The lowest BCUT2D eigenvalue weighted by molar-refractivity contribution is -0.0614. The van der Waals surface area contributed by atoms with Crippen LogP contribution in [0.4, 0.5) is 0 Å². The summed E-state index contributed by atoms with van der Waals surface area (Å²) >= 11 is 4.36. The first-order valence-electron chi connectivity index (χ1n) is 5.97. The van der Waals surface area contributed by atoms with Crippen LogP contribution >= 0.6 is 12.6 Å². The summed E-state index contributed by atoms with van der Waals surface area (Å²) in [6, 6.07) is 4.47. The monoisotopic (exact) mass is 252 g/mol. The van der Waals surface area contributed by atoms with Gasteiger partial charge in [-0.2, -0.15) is 12.6 Å². The molecule has 0 radical (unpaired) electrons. The van der Waals surface area contributed by atoms with Crippen LogP contribution in [0.25, 0.3) is 0 Å². The summed E-state index contributed by atoms with van der Waals surface area (Å²) in [6.45, 7) is 5.84. The minimum absolute atomic E-state index is 0.184. The first kappa shape index (κ1) is 12.8. The standard InChI is InChI=1S/C14H20O2S/c1-10-6-12(7-11(2)13(10)15-3)14(4-5-17)8-16-9-14/h6-7,17H,4-5,8-9H2,1-3H3. The van der Waals surface area contributed by atoms with Gasteiger partial charge in [0.15, 0.2) is 0 Å². The molecule has 1 heterocycles. The first-order chi connectivity index (χ1) is 8.13. The Balaban J connectivity index is 2.39.